The van der Waals surface area contributed by atoms with Crippen LogP contribution in [0.3, 0.4) is 0 Å². The smallest absolute Gasteiger partial charge is 0.320 e. The van der Waals surface area contributed by atoms with Crippen molar-refractivity contribution in [2.45, 2.75) is 40.0 Å². The summed E-state index contributed by atoms with van der Waals surface area (Å²) in [6.07, 6.45) is 2.54. The normalized spacial score (nSPS) is 11.9. The van der Waals surface area contributed by atoms with Crippen molar-refractivity contribution in [3.63, 3.8) is 0 Å². The number of esters is 2. The maximum absolute atomic E-state index is 11.3. The molecule has 1 atom stereocenters. The van der Waals surface area contributed by atoms with Gasteiger partial charge in [0.05, 0.1) is 13.2 Å². The average molecular weight is 216 g/mol. The van der Waals surface area contributed by atoms with Gasteiger partial charge in [0.25, 0.3) is 0 Å². The van der Waals surface area contributed by atoms with Crippen LogP contribution in [0.5, 0.6) is 0 Å². The second kappa shape index (κ2) is 8.26. The molecule has 0 saturated heterocycles. The Morgan fingerprint density at radius 1 is 1.00 bits per heavy atom. The molecule has 0 heterocycles. The third-order valence-corrected chi connectivity index (χ3v) is 1.90. The molecule has 0 aliphatic heterocycles. The van der Waals surface area contributed by atoms with E-state index in [0.29, 0.717) is 13.2 Å². The van der Waals surface area contributed by atoms with E-state index in [1.54, 1.807) is 0 Å². The summed E-state index contributed by atoms with van der Waals surface area (Å²) in [5.74, 6) is -1.81. The van der Waals surface area contributed by atoms with Gasteiger partial charge in [0.15, 0.2) is 5.92 Å². The first kappa shape index (κ1) is 13.9. The zero-order valence-corrected chi connectivity index (χ0v) is 9.75. The molecule has 0 amide bonds. The fraction of sp³-hybridized carbons (Fsp3) is 0.818. The minimum absolute atomic E-state index is 0.353. The van der Waals surface area contributed by atoms with Crippen molar-refractivity contribution >= 4 is 11.9 Å². The first-order valence-electron chi connectivity index (χ1n) is 5.46. The van der Waals surface area contributed by atoms with Crippen LogP contribution in [0.2, 0.25) is 0 Å². The average Bonchev–Trinajstić information content (AvgIpc) is 2.24. The summed E-state index contributed by atoms with van der Waals surface area (Å²) >= 11 is 0. The molecule has 0 aromatic heterocycles. The van der Waals surface area contributed by atoms with Gasteiger partial charge in [-0.1, -0.05) is 20.3 Å². The van der Waals surface area contributed by atoms with E-state index in [4.69, 9.17) is 9.47 Å². The van der Waals surface area contributed by atoms with Gasteiger partial charge >= 0.3 is 11.9 Å². The van der Waals surface area contributed by atoms with E-state index in [1.807, 2.05) is 13.8 Å². The monoisotopic (exact) mass is 216 g/mol. The largest absolute Gasteiger partial charge is 0.465 e. The van der Waals surface area contributed by atoms with Crippen molar-refractivity contribution in [2.75, 3.05) is 13.2 Å². The molecule has 1 unspecified atom stereocenters. The zero-order valence-electron chi connectivity index (χ0n) is 9.75. The molecular weight excluding hydrogens is 196 g/mol. The maximum Gasteiger partial charge on any atom is 0.320 e. The van der Waals surface area contributed by atoms with Crippen molar-refractivity contribution in [3.8, 4) is 0 Å². The van der Waals surface area contributed by atoms with E-state index in [-0.39, 0.29) is 0 Å². The molecule has 88 valence electrons. The molecule has 0 spiro atoms. The molecule has 4 heteroatoms. The SMILES string of the molecule is CCCCOC(=O)C(C)C(=O)OCCC. The third-order valence-electron chi connectivity index (χ3n) is 1.90. The summed E-state index contributed by atoms with van der Waals surface area (Å²) < 4.78 is 9.75. The van der Waals surface area contributed by atoms with E-state index in [1.165, 1.54) is 6.92 Å². The molecular formula is C11H20O4. The number of unbranched alkanes of at least 4 members (excludes halogenated alkanes) is 1. The highest BCUT2D eigenvalue weighted by Crippen LogP contribution is 2.03. The molecule has 0 aliphatic rings. The Bertz CT molecular complexity index is 201. The van der Waals surface area contributed by atoms with Gasteiger partial charge < -0.3 is 9.47 Å². The molecule has 0 aromatic rings. The minimum Gasteiger partial charge on any atom is -0.465 e. The molecule has 0 bridgehead atoms. The van der Waals surface area contributed by atoms with Gasteiger partial charge in [0, 0.05) is 0 Å². The van der Waals surface area contributed by atoms with Crippen LogP contribution >= 0.6 is 0 Å². The van der Waals surface area contributed by atoms with Crippen LogP contribution in [0.25, 0.3) is 0 Å². The van der Waals surface area contributed by atoms with Crippen LogP contribution in [0.4, 0.5) is 0 Å². The van der Waals surface area contributed by atoms with E-state index in [2.05, 4.69) is 0 Å². The van der Waals surface area contributed by atoms with Gasteiger partial charge in [-0.25, -0.2) is 0 Å². The topological polar surface area (TPSA) is 52.6 Å². The number of carbonyl (C=O) groups excluding carboxylic acids is 2. The fourth-order valence-electron chi connectivity index (χ4n) is 0.866. The van der Waals surface area contributed by atoms with Gasteiger partial charge in [-0.2, -0.15) is 0 Å². The standard InChI is InChI=1S/C11H20O4/c1-4-6-8-15-11(13)9(3)10(12)14-7-5-2/h9H,4-8H2,1-3H3. The predicted octanol–water partition coefficient (Wildman–Crippen LogP) is 1.92. The highest BCUT2D eigenvalue weighted by atomic mass is 16.6. The Kier molecular flexibility index (Phi) is 7.68. The number of rotatable bonds is 7. The van der Waals surface area contributed by atoms with Crippen molar-refractivity contribution in [2.24, 2.45) is 5.92 Å². The van der Waals surface area contributed by atoms with Gasteiger partial charge in [-0.3, -0.25) is 9.59 Å². The second-order valence-electron chi connectivity index (χ2n) is 3.41. The van der Waals surface area contributed by atoms with Gasteiger partial charge in [-0.05, 0) is 19.8 Å². The number of ether oxygens (including phenoxy) is 2. The van der Waals surface area contributed by atoms with E-state index < -0.39 is 17.9 Å². The summed E-state index contributed by atoms with van der Waals surface area (Å²) in [6.45, 7) is 6.14. The minimum atomic E-state index is -0.812. The molecule has 0 fully saturated rings. The van der Waals surface area contributed by atoms with E-state index >= 15 is 0 Å². The molecule has 0 N–H and O–H groups in total. The Labute approximate surface area is 90.9 Å². The van der Waals surface area contributed by atoms with E-state index in [0.717, 1.165) is 19.3 Å². The number of hydrogen-bond acceptors (Lipinski definition) is 4. The van der Waals surface area contributed by atoms with Gasteiger partial charge in [-0.15, -0.1) is 0 Å². The lowest BCUT2D eigenvalue weighted by molar-refractivity contribution is -0.161. The highest BCUT2D eigenvalue weighted by molar-refractivity contribution is 5.94. The molecule has 0 rings (SSSR count). The quantitative estimate of drug-likeness (QED) is 0.370. The molecule has 4 nitrogen and oxygen atoms in total. The lowest BCUT2D eigenvalue weighted by Crippen LogP contribution is -2.25. The Morgan fingerprint density at radius 2 is 1.53 bits per heavy atom. The first-order chi connectivity index (χ1) is 7.13. The Hall–Kier alpha value is -1.06. The van der Waals surface area contributed by atoms with Crippen molar-refractivity contribution in [1.29, 1.82) is 0 Å². The molecule has 0 saturated carbocycles. The van der Waals surface area contributed by atoms with Crippen molar-refractivity contribution < 1.29 is 19.1 Å². The lowest BCUT2D eigenvalue weighted by Gasteiger charge is -2.10. The van der Waals surface area contributed by atoms with Crippen LogP contribution in [-0.2, 0) is 19.1 Å². The van der Waals surface area contributed by atoms with Crippen LogP contribution < -0.4 is 0 Å². The Balaban J connectivity index is 3.80. The number of carbonyl (C=O) groups is 2. The fourth-order valence-corrected chi connectivity index (χ4v) is 0.866. The zero-order chi connectivity index (χ0) is 11.7. The lowest BCUT2D eigenvalue weighted by atomic mass is 10.2. The summed E-state index contributed by atoms with van der Waals surface area (Å²) in [5.41, 5.74) is 0. The molecule has 0 aliphatic carbocycles. The third kappa shape index (κ3) is 6.10. The van der Waals surface area contributed by atoms with E-state index in [9.17, 15) is 9.59 Å². The molecule has 0 radical (unpaired) electrons. The van der Waals surface area contributed by atoms with Gasteiger partial charge in [0.1, 0.15) is 0 Å². The van der Waals surface area contributed by atoms with Crippen LogP contribution in [-0.4, -0.2) is 25.2 Å². The van der Waals surface area contributed by atoms with Crippen molar-refractivity contribution in [1.82, 2.24) is 0 Å². The summed E-state index contributed by atoms with van der Waals surface area (Å²) in [7, 11) is 0. The Morgan fingerprint density at radius 3 is 2.00 bits per heavy atom. The summed E-state index contributed by atoms with van der Waals surface area (Å²) in [6, 6.07) is 0. The number of hydrogen-bond donors (Lipinski definition) is 0. The molecule has 0 aromatic carbocycles. The molecule has 15 heavy (non-hydrogen) atoms. The summed E-state index contributed by atoms with van der Waals surface area (Å²) in [4.78, 5) is 22.6. The van der Waals surface area contributed by atoms with Crippen LogP contribution in [0, 0.1) is 5.92 Å². The van der Waals surface area contributed by atoms with Crippen LogP contribution in [0.15, 0.2) is 0 Å². The van der Waals surface area contributed by atoms with Gasteiger partial charge in [0.2, 0.25) is 0 Å². The predicted molar refractivity (Wildman–Crippen MR) is 56.3 cm³/mol. The highest BCUT2D eigenvalue weighted by Gasteiger charge is 2.23. The first-order valence-corrected chi connectivity index (χ1v) is 5.46. The van der Waals surface area contributed by atoms with Crippen LogP contribution in [0.1, 0.15) is 40.0 Å². The summed E-state index contributed by atoms with van der Waals surface area (Å²) in [5, 5.41) is 0. The van der Waals surface area contributed by atoms with Crippen molar-refractivity contribution in [3.05, 3.63) is 0 Å². The maximum atomic E-state index is 11.3. The second-order valence-corrected chi connectivity index (χ2v) is 3.41.